The molecule has 0 saturated carbocycles. The van der Waals surface area contributed by atoms with Gasteiger partial charge in [0.1, 0.15) is 17.2 Å². The van der Waals surface area contributed by atoms with Gasteiger partial charge in [-0.25, -0.2) is 0 Å². The van der Waals surface area contributed by atoms with Gasteiger partial charge in [-0.05, 0) is 73.2 Å². The highest BCUT2D eigenvalue weighted by atomic mass is 32.2. The van der Waals surface area contributed by atoms with Crippen LogP contribution in [-0.4, -0.2) is 30.3 Å². The minimum Gasteiger partial charge on any atom is -0.457 e. The molecule has 6 rings (SSSR count). The molecule has 0 fully saturated rings. The predicted octanol–water partition coefficient (Wildman–Crippen LogP) is 6.80. The van der Waals surface area contributed by atoms with E-state index in [1.54, 1.807) is 42.5 Å². The second kappa shape index (κ2) is 14.6. The van der Waals surface area contributed by atoms with E-state index in [0.717, 1.165) is 21.6 Å². The van der Waals surface area contributed by atoms with Crippen molar-refractivity contribution in [2.45, 2.75) is 18.4 Å². The topological polar surface area (TPSA) is 119 Å². The van der Waals surface area contributed by atoms with Gasteiger partial charge in [0.15, 0.2) is 11.5 Å². The number of thioether (sulfide) groups is 1. The van der Waals surface area contributed by atoms with Crippen LogP contribution in [0.1, 0.15) is 27.2 Å². The van der Waals surface area contributed by atoms with Crippen LogP contribution < -0.4 is 25.4 Å². The lowest BCUT2D eigenvalue weighted by molar-refractivity contribution is -0.118. The van der Waals surface area contributed by atoms with Crippen molar-refractivity contribution in [3.05, 3.63) is 137 Å². The average molecular weight is 646 g/mol. The largest absolute Gasteiger partial charge is 0.457 e. The molecule has 0 bridgehead atoms. The summed E-state index contributed by atoms with van der Waals surface area (Å²) in [4.78, 5) is 39.7. The molecule has 1 aliphatic rings. The quantitative estimate of drug-likeness (QED) is 0.107. The van der Waals surface area contributed by atoms with Gasteiger partial charge in [0.2, 0.25) is 12.7 Å². The third kappa shape index (κ3) is 8.30. The fourth-order valence-corrected chi connectivity index (χ4v) is 5.40. The summed E-state index contributed by atoms with van der Waals surface area (Å²) in [6, 6.07) is 32.8. The van der Waals surface area contributed by atoms with Crippen molar-refractivity contribution < 1.29 is 28.3 Å². The minimum atomic E-state index is -0.522. The van der Waals surface area contributed by atoms with E-state index in [-0.39, 0.29) is 24.2 Å². The van der Waals surface area contributed by atoms with Crippen LogP contribution in [0.2, 0.25) is 0 Å². The van der Waals surface area contributed by atoms with Crippen molar-refractivity contribution in [3.63, 3.8) is 0 Å². The Bertz CT molecular complexity index is 1920. The predicted molar refractivity (Wildman–Crippen MR) is 181 cm³/mol. The van der Waals surface area contributed by atoms with Crippen molar-refractivity contribution in [2.75, 3.05) is 17.9 Å². The van der Waals surface area contributed by atoms with Gasteiger partial charge in [-0.1, -0.05) is 54.1 Å². The van der Waals surface area contributed by atoms with Crippen LogP contribution in [0.3, 0.4) is 0 Å². The zero-order valence-electron chi connectivity index (χ0n) is 25.4. The maximum Gasteiger partial charge on any atom is 0.272 e. The Balaban J connectivity index is 1.08. The second-order valence-electron chi connectivity index (χ2n) is 10.7. The Kier molecular flexibility index (Phi) is 9.69. The maximum absolute atomic E-state index is 13.4. The van der Waals surface area contributed by atoms with Gasteiger partial charge in [0.25, 0.3) is 11.8 Å². The number of ether oxygens (including phenoxy) is 2. The Morgan fingerprint density at radius 1 is 0.830 bits per heavy atom. The fraction of sp³-hybridized carbons (Fsp3) is 0.108. The average Bonchev–Trinajstić information content (AvgIpc) is 3.77. The van der Waals surface area contributed by atoms with Gasteiger partial charge in [-0.2, -0.15) is 0 Å². The zero-order chi connectivity index (χ0) is 32.6. The molecule has 0 radical (unpaired) electrons. The van der Waals surface area contributed by atoms with Crippen molar-refractivity contribution in [2.24, 2.45) is 0 Å². The Morgan fingerprint density at radius 3 is 2.38 bits per heavy atom. The number of rotatable bonds is 11. The number of anilines is 1. The molecule has 9 nitrogen and oxygen atoms in total. The van der Waals surface area contributed by atoms with Crippen LogP contribution in [0.15, 0.2) is 124 Å². The van der Waals surface area contributed by atoms with Gasteiger partial charge in [0, 0.05) is 34.3 Å². The van der Waals surface area contributed by atoms with Gasteiger partial charge >= 0.3 is 0 Å². The summed E-state index contributed by atoms with van der Waals surface area (Å²) in [6.07, 6.45) is 1.50. The number of benzene rings is 4. The zero-order valence-corrected chi connectivity index (χ0v) is 26.3. The number of hydrogen-bond donors (Lipinski definition) is 3. The molecular formula is C37H31N3O6S. The van der Waals surface area contributed by atoms with E-state index in [4.69, 9.17) is 13.9 Å². The molecule has 0 aliphatic carbocycles. The highest BCUT2D eigenvalue weighted by Gasteiger charge is 2.17. The van der Waals surface area contributed by atoms with E-state index in [0.29, 0.717) is 40.8 Å². The number of nitrogens with one attached hydrogen (secondary N) is 3. The lowest BCUT2D eigenvalue weighted by Gasteiger charge is -2.11. The van der Waals surface area contributed by atoms with Gasteiger partial charge in [-0.15, -0.1) is 11.8 Å². The summed E-state index contributed by atoms with van der Waals surface area (Å²) in [5.41, 5.74) is 3.89. The lowest BCUT2D eigenvalue weighted by Crippen LogP contribution is -2.30. The molecule has 4 aromatic carbocycles. The third-order valence-corrected chi connectivity index (χ3v) is 8.20. The first kappa shape index (κ1) is 31.3. The van der Waals surface area contributed by atoms with E-state index < -0.39 is 11.8 Å². The Labute approximate surface area is 276 Å². The highest BCUT2D eigenvalue weighted by molar-refractivity contribution is 8.00. The number of carbonyl (C=O) groups excluding carboxylic acids is 3. The number of fused-ring (bicyclic) bond motifs is 1. The molecule has 1 aromatic heterocycles. The first-order chi connectivity index (χ1) is 22.9. The van der Waals surface area contributed by atoms with Gasteiger partial charge < -0.3 is 29.8 Å². The second-order valence-corrected chi connectivity index (χ2v) is 11.7. The molecule has 0 unspecified atom stereocenters. The number of furan rings is 1. The SMILES string of the molecule is Cc1ccc(-c2ccc(C=C(NC(=O)c3ccccc3)C(=O)Nc3ccc(SCC(=O)NCc4ccc5c(c4)OCO5)cc3)o2)cc1. The lowest BCUT2D eigenvalue weighted by atomic mass is 10.1. The minimum absolute atomic E-state index is 0.0150. The smallest absolute Gasteiger partial charge is 0.272 e. The highest BCUT2D eigenvalue weighted by Crippen LogP contribution is 2.32. The van der Waals surface area contributed by atoms with Crippen LogP contribution in [-0.2, 0) is 16.1 Å². The van der Waals surface area contributed by atoms with Crippen LogP contribution >= 0.6 is 11.8 Å². The van der Waals surface area contributed by atoms with E-state index in [1.165, 1.54) is 17.8 Å². The van der Waals surface area contributed by atoms with Crippen LogP contribution in [0, 0.1) is 6.92 Å². The van der Waals surface area contributed by atoms with E-state index in [2.05, 4.69) is 16.0 Å². The molecule has 0 saturated heterocycles. The van der Waals surface area contributed by atoms with E-state index in [9.17, 15) is 14.4 Å². The van der Waals surface area contributed by atoms with Crippen molar-refractivity contribution in [3.8, 4) is 22.8 Å². The molecule has 5 aromatic rings. The summed E-state index contributed by atoms with van der Waals surface area (Å²) >= 11 is 1.38. The van der Waals surface area contributed by atoms with Gasteiger partial charge in [0.05, 0.1) is 5.75 Å². The third-order valence-electron chi connectivity index (χ3n) is 7.19. The first-order valence-electron chi connectivity index (χ1n) is 14.8. The summed E-state index contributed by atoms with van der Waals surface area (Å²) < 4.78 is 16.7. The molecule has 0 spiro atoms. The summed E-state index contributed by atoms with van der Waals surface area (Å²) in [7, 11) is 0. The number of aryl methyl sites for hydroxylation is 1. The Hall–Kier alpha value is -5.74. The molecule has 3 amide bonds. The van der Waals surface area contributed by atoms with Crippen LogP contribution in [0.25, 0.3) is 17.4 Å². The van der Waals surface area contributed by atoms with Crippen molar-refractivity contribution >= 4 is 41.2 Å². The summed E-state index contributed by atoms with van der Waals surface area (Å²) in [5.74, 6) is 1.58. The molecule has 47 heavy (non-hydrogen) atoms. The molecule has 10 heteroatoms. The van der Waals surface area contributed by atoms with Crippen LogP contribution in [0.5, 0.6) is 11.5 Å². The number of hydrogen-bond acceptors (Lipinski definition) is 7. The molecule has 0 atom stereocenters. The monoisotopic (exact) mass is 645 g/mol. The number of amides is 3. The Morgan fingerprint density at radius 2 is 1.60 bits per heavy atom. The maximum atomic E-state index is 13.4. The first-order valence-corrected chi connectivity index (χ1v) is 15.8. The van der Waals surface area contributed by atoms with Crippen molar-refractivity contribution in [1.29, 1.82) is 0 Å². The normalized spacial score (nSPS) is 12.0. The molecule has 236 valence electrons. The fourth-order valence-electron chi connectivity index (χ4n) is 4.67. The molecule has 1 aliphatic heterocycles. The van der Waals surface area contributed by atoms with Gasteiger partial charge in [-0.3, -0.25) is 14.4 Å². The van der Waals surface area contributed by atoms with Crippen LogP contribution in [0.4, 0.5) is 5.69 Å². The summed E-state index contributed by atoms with van der Waals surface area (Å²) in [6.45, 7) is 2.59. The number of carbonyl (C=O) groups is 3. The molecule has 3 N–H and O–H groups in total. The van der Waals surface area contributed by atoms with E-state index in [1.807, 2.05) is 73.7 Å². The molecular weight excluding hydrogens is 614 g/mol. The van der Waals surface area contributed by atoms with Crippen molar-refractivity contribution in [1.82, 2.24) is 10.6 Å². The summed E-state index contributed by atoms with van der Waals surface area (Å²) in [5, 5.41) is 8.48. The molecule has 2 heterocycles. The van der Waals surface area contributed by atoms with E-state index >= 15 is 0 Å². The standard InChI is InChI=1S/C37H31N3O6S/c1-24-7-10-26(11-8-24)32-18-14-29(46-32)20-31(40-36(42)27-5-3-2-4-6-27)37(43)39-28-12-15-30(16-13-28)47-22-35(41)38-21-25-9-17-33-34(19-25)45-23-44-33/h2-20H,21-23H2,1H3,(H,38,41)(H,39,43)(H,40,42).